The molecular weight excluding hydrogens is 184 g/mol. The van der Waals surface area contributed by atoms with Crippen molar-refractivity contribution in [2.45, 2.75) is 0 Å². The normalized spacial score (nSPS) is 9.21. The number of amides is 2. The summed E-state index contributed by atoms with van der Waals surface area (Å²) in [5, 5.41) is 13.4. The molecule has 0 atom stereocenters. The minimum Gasteiger partial charge on any atom is -0.387 e. The molecular formula is C9H10N2O3. The highest BCUT2D eigenvalue weighted by Gasteiger charge is 1.99. The molecule has 5 nitrogen and oxygen atoms in total. The van der Waals surface area contributed by atoms with E-state index < -0.39 is 12.5 Å². The van der Waals surface area contributed by atoms with Gasteiger partial charge in [-0.1, -0.05) is 6.07 Å². The van der Waals surface area contributed by atoms with Crippen LogP contribution in [0, 0.1) is 0 Å². The molecule has 0 unspecified atom stereocenters. The van der Waals surface area contributed by atoms with Crippen molar-refractivity contribution in [1.82, 2.24) is 0 Å². The number of aliphatic hydroxyl groups is 1. The predicted molar refractivity (Wildman–Crippen MR) is 51.8 cm³/mol. The van der Waals surface area contributed by atoms with Crippen molar-refractivity contribution in [2.75, 3.05) is 17.2 Å². The monoisotopic (exact) mass is 194 g/mol. The Labute approximate surface area is 80.7 Å². The lowest BCUT2D eigenvalue weighted by Gasteiger charge is -2.04. The first-order valence-electron chi connectivity index (χ1n) is 3.97. The van der Waals surface area contributed by atoms with E-state index in [1.165, 1.54) is 0 Å². The predicted octanol–water partition coefficient (Wildman–Crippen LogP) is 0.186. The lowest BCUT2D eigenvalue weighted by Crippen LogP contribution is -2.15. The van der Waals surface area contributed by atoms with E-state index in [1.807, 2.05) is 0 Å². The van der Waals surface area contributed by atoms with Crippen molar-refractivity contribution in [3.63, 3.8) is 0 Å². The minimum atomic E-state index is -0.564. The molecule has 1 aromatic rings. The van der Waals surface area contributed by atoms with Crippen LogP contribution in [0.4, 0.5) is 11.4 Å². The van der Waals surface area contributed by atoms with Gasteiger partial charge in [0.1, 0.15) is 6.61 Å². The molecule has 2 amide bonds. The summed E-state index contributed by atoms with van der Waals surface area (Å²) in [5.74, 6) is -0.492. The summed E-state index contributed by atoms with van der Waals surface area (Å²) in [6, 6.07) is 6.60. The van der Waals surface area contributed by atoms with E-state index in [2.05, 4.69) is 10.6 Å². The maximum atomic E-state index is 10.8. The maximum Gasteiger partial charge on any atom is 0.250 e. The van der Waals surface area contributed by atoms with Crippen LogP contribution in [0.2, 0.25) is 0 Å². The van der Waals surface area contributed by atoms with Crippen molar-refractivity contribution in [3.05, 3.63) is 24.3 Å². The van der Waals surface area contributed by atoms with Gasteiger partial charge in [0.2, 0.25) is 12.3 Å². The molecule has 5 heteroatoms. The van der Waals surface area contributed by atoms with Crippen LogP contribution in [-0.4, -0.2) is 24.0 Å². The third kappa shape index (κ3) is 2.87. The van der Waals surface area contributed by atoms with Crippen molar-refractivity contribution in [1.29, 1.82) is 0 Å². The summed E-state index contributed by atoms with van der Waals surface area (Å²) < 4.78 is 0. The van der Waals surface area contributed by atoms with Crippen LogP contribution in [0.25, 0.3) is 0 Å². The van der Waals surface area contributed by atoms with Gasteiger partial charge in [-0.05, 0) is 18.2 Å². The summed E-state index contributed by atoms with van der Waals surface area (Å²) in [7, 11) is 0. The van der Waals surface area contributed by atoms with Gasteiger partial charge in [0.15, 0.2) is 0 Å². The molecule has 3 N–H and O–H groups in total. The summed E-state index contributed by atoms with van der Waals surface area (Å²) >= 11 is 0. The second-order valence-electron chi connectivity index (χ2n) is 2.55. The Kier molecular flexibility index (Phi) is 3.63. The van der Waals surface area contributed by atoms with Crippen molar-refractivity contribution < 1.29 is 14.7 Å². The molecule has 0 spiro atoms. The van der Waals surface area contributed by atoms with Crippen molar-refractivity contribution in [3.8, 4) is 0 Å². The first-order chi connectivity index (χ1) is 6.76. The number of hydrogen-bond acceptors (Lipinski definition) is 3. The molecule has 0 aromatic heterocycles. The van der Waals surface area contributed by atoms with Gasteiger partial charge in [-0.15, -0.1) is 0 Å². The molecule has 0 aliphatic rings. The standard InChI is InChI=1S/C9H10N2O3/c12-5-9(14)11-8-3-1-2-7(4-8)10-6-13/h1-4,6,12H,5H2,(H,10,13)(H,11,14). The van der Waals surface area contributed by atoms with Crippen LogP contribution in [0.15, 0.2) is 24.3 Å². The van der Waals surface area contributed by atoms with Crippen LogP contribution in [0.1, 0.15) is 0 Å². The highest BCUT2D eigenvalue weighted by Crippen LogP contribution is 2.13. The third-order valence-corrected chi connectivity index (χ3v) is 1.52. The highest BCUT2D eigenvalue weighted by molar-refractivity contribution is 5.92. The van der Waals surface area contributed by atoms with Crippen LogP contribution < -0.4 is 10.6 Å². The maximum absolute atomic E-state index is 10.8. The molecule has 0 saturated heterocycles. The second-order valence-corrected chi connectivity index (χ2v) is 2.55. The number of benzene rings is 1. The second kappa shape index (κ2) is 4.98. The quantitative estimate of drug-likeness (QED) is 0.598. The Morgan fingerprint density at radius 2 is 2.14 bits per heavy atom. The Hall–Kier alpha value is -1.88. The molecule has 74 valence electrons. The third-order valence-electron chi connectivity index (χ3n) is 1.52. The summed E-state index contributed by atoms with van der Waals surface area (Å²) in [6.07, 6.45) is 0.549. The Balaban J connectivity index is 2.72. The number of hydrogen-bond donors (Lipinski definition) is 3. The van der Waals surface area contributed by atoms with Crippen LogP contribution in [0.3, 0.4) is 0 Å². The van der Waals surface area contributed by atoms with Crippen LogP contribution in [-0.2, 0) is 9.59 Å². The smallest absolute Gasteiger partial charge is 0.250 e. The largest absolute Gasteiger partial charge is 0.387 e. The molecule has 0 bridgehead atoms. The fourth-order valence-corrected chi connectivity index (χ4v) is 0.955. The summed E-state index contributed by atoms with van der Waals surface area (Å²) in [6.45, 7) is -0.564. The van der Waals surface area contributed by atoms with E-state index >= 15 is 0 Å². The fourth-order valence-electron chi connectivity index (χ4n) is 0.955. The van der Waals surface area contributed by atoms with Gasteiger partial charge >= 0.3 is 0 Å². The van der Waals surface area contributed by atoms with Gasteiger partial charge in [-0.2, -0.15) is 0 Å². The SMILES string of the molecule is O=CNc1cccc(NC(=O)CO)c1. The van der Waals surface area contributed by atoms with Crippen LogP contribution >= 0.6 is 0 Å². The zero-order valence-corrected chi connectivity index (χ0v) is 7.36. The number of anilines is 2. The van der Waals surface area contributed by atoms with Gasteiger partial charge < -0.3 is 15.7 Å². The molecule has 0 saturated carbocycles. The fraction of sp³-hybridized carbons (Fsp3) is 0.111. The highest BCUT2D eigenvalue weighted by atomic mass is 16.3. The topological polar surface area (TPSA) is 78.4 Å². The van der Waals surface area contributed by atoms with Crippen molar-refractivity contribution in [2.24, 2.45) is 0 Å². The van der Waals surface area contributed by atoms with E-state index in [0.29, 0.717) is 17.8 Å². The average molecular weight is 194 g/mol. The zero-order valence-electron chi connectivity index (χ0n) is 7.36. The minimum absolute atomic E-state index is 0.492. The lowest BCUT2D eigenvalue weighted by molar-refractivity contribution is -0.118. The van der Waals surface area contributed by atoms with Crippen molar-refractivity contribution >= 4 is 23.7 Å². The van der Waals surface area contributed by atoms with Gasteiger partial charge in [-0.25, -0.2) is 0 Å². The number of carbonyl (C=O) groups excluding carboxylic acids is 2. The number of nitrogens with one attached hydrogen (secondary N) is 2. The molecule has 14 heavy (non-hydrogen) atoms. The number of carbonyl (C=O) groups is 2. The molecule has 0 heterocycles. The zero-order chi connectivity index (χ0) is 10.4. The number of rotatable bonds is 4. The Morgan fingerprint density at radius 3 is 2.79 bits per heavy atom. The van der Waals surface area contributed by atoms with Gasteiger partial charge in [0, 0.05) is 11.4 Å². The van der Waals surface area contributed by atoms with E-state index in [1.54, 1.807) is 24.3 Å². The number of aliphatic hydroxyl groups excluding tert-OH is 1. The summed E-state index contributed by atoms with van der Waals surface area (Å²) in [4.78, 5) is 20.9. The summed E-state index contributed by atoms with van der Waals surface area (Å²) in [5.41, 5.74) is 1.10. The van der Waals surface area contributed by atoms with E-state index in [-0.39, 0.29) is 0 Å². The molecule has 0 aliphatic heterocycles. The lowest BCUT2D eigenvalue weighted by atomic mass is 10.3. The van der Waals surface area contributed by atoms with Gasteiger partial charge in [-0.3, -0.25) is 9.59 Å². The first kappa shape index (κ1) is 10.2. The van der Waals surface area contributed by atoms with Gasteiger partial charge in [0.25, 0.3) is 0 Å². The molecule has 0 radical (unpaired) electrons. The van der Waals surface area contributed by atoms with E-state index in [4.69, 9.17) is 5.11 Å². The molecule has 0 fully saturated rings. The molecule has 1 aromatic carbocycles. The Morgan fingerprint density at radius 1 is 1.43 bits per heavy atom. The van der Waals surface area contributed by atoms with E-state index in [9.17, 15) is 9.59 Å². The first-order valence-corrected chi connectivity index (χ1v) is 3.97. The molecule has 0 aliphatic carbocycles. The average Bonchev–Trinajstić information content (AvgIpc) is 2.19. The van der Waals surface area contributed by atoms with Gasteiger partial charge in [0.05, 0.1) is 0 Å². The van der Waals surface area contributed by atoms with Crippen LogP contribution in [0.5, 0.6) is 0 Å². The van der Waals surface area contributed by atoms with E-state index in [0.717, 1.165) is 0 Å². The molecule has 1 rings (SSSR count). The Bertz CT molecular complexity index is 339.